The van der Waals surface area contributed by atoms with E-state index in [1.54, 1.807) is 0 Å². The van der Waals surface area contributed by atoms with Crippen molar-refractivity contribution in [1.82, 2.24) is 5.32 Å². The van der Waals surface area contributed by atoms with E-state index >= 15 is 0 Å². The lowest BCUT2D eigenvalue weighted by molar-refractivity contribution is 0.162. The molecule has 1 aromatic rings. The van der Waals surface area contributed by atoms with Gasteiger partial charge in [-0.15, -0.1) is 0 Å². The van der Waals surface area contributed by atoms with E-state index in [0.29, 0.717) is 0 Å². The Morgan fingerprint density at radius 3 is 2.46 bits per heavy atom. The molecule has 0 saturated heterocycles. The molecule has 1 N–H and O–H groups in total. The molecule has 1 rings (SSSR count). The van der Waals surface area contributed by atoms with Gasteiger partial charge in [0, 0.05) is 0 Å². The summed E-state index contributed by atoms with van der Waals surface area (Å²) in [5.41, 5.74) is 0. The van der Waals surface area contributed by atoms with E-state index in [0.717, 1.165) is 18.7 Å². The first-order chi connectivity index (χ1) is 6.36. The van der Waals surface area contributed by atoms with Crippen molar-refractivity contribution in [3.8, 4) is 5.75 Å². The van der Waals surface area contributed by atoms with Crippen molar-refractivity contribution in [2.75, 3.05) is 6.54 Å². The van der Waals surface area contributed by atoms with Crippen LogP contribution in [0.1, 0.15) is 20.3 Å². The maximum Gasteiger partial charge on any atom is 0.149 e. The molecule has 0 fully saturated rings. The van der Waals surface area contributed by atoms with E-state index in [9.17, 15) is 0 Å². The van der Waals surface area contributed by atoms with Crippen LogP contribution < -0.4 is 10.1 Å². The Hall–Kier alpha value is -1.02. The van der Waals surface area contributed by atoms with E-state index in [2.05, 4.69) is 19.2 Å². The van der Waals surface area contributed by atoms with Crippen molar-refractivity contribution in [2.24, 2.45) is 0 Å². The Bertz CT molecular complexity index is 223. The van der Waals surface area contributed by atoms with Crippen LogP contribution in [0.25, 0.3) is 0 Å². The molecule has 0 aromatic heterocycles. The van der Waals surface area contributed by atoms with Gasteiger partial charge in [0.15, 0.2) is 0 Å². The molecule has 0 radical (unpaired) electrons. The van der Waals surface area contributed by atoms with E-state index < -0.39 is 0 Å². The number of rotatable bonds is 5. The van der Waals surface area contributed by atoms with Gasteiger partial charge in [-0.3, -0.25) is 5.32 Å². The normalized spacial score (nSPS) is 12.5. The molecule has 0 amide bonds. The summed E-state index contributed by atoms with van der Waals surface area (Å²) >= 11 is 0. The smallest absolute Gasteiger partial charge is 0.149 e. The zero-order valence-corrected chi connectivity index (χ0v) is 8.29. The summed E-state index contributed by atoms with van der Waals surface area (Å²) in [6.45, 7) is 5.12. The zero-order valence-electron chi connectivity index (χ0n) is 8.29. The summed E-state index contributed by atoms with van der Waals surface area (Å²) in [7, 11) is 0. The Morgan fingerprint density at radius 1 is 1.23 bits per heavy atom. The van der Waals surface area contributed by atoms with Crippen LogP contribution in [0.4, 0.5) is 0 Å². The van der Waals surface area contributed by atoms with Gasteiger partial charge in [0.1, 0.15) is 12.0 Å². The number of hydrogen-bond donors (Lipinski definition) is 1. The Kier molecular flexibility index (Phi) is 4.33. The van der Waals surface area contributed by atoms with Crippen molar-refractivity contribution in [3.05, 3.63) is 30.3 Å². The second-order valence-corrected chi connectivity index (χ2v) is 2.89. The van der Waals surface area contributed by atoms with Crippen LogP contribution >= 0.6 is 0 Å². The first-order valence-electron chi connectivity index (χ1n) is 4.82. The topological polar surface area (TPSA) is 21.3 Å². The number of para-hydroxylation sites is 1. The summed E-state index contributed by atoms with van der Waals surface area (Å²) in [6.07, 6.45) is 1.11. The third kappa shape index (κ3) is 3.47. The number of hydrogen-bond acceptors (Lipinski definition) is 2. The fourth-order valence-electron chi connectivity index (χ4n) is 1.16. The summed E-state index contributed by atoms with van der Waals surface area (Å²) in [4.78, 5) is 0. The molecule has 72 valence electrons. The Balaban J connectivity index is 2.46. The zero-order chi connectivity index (χ0) is 9.52. The van der Waals surface area contributed by atoms with Crippen LogP contribution in [-0.4, -0.2) is 12.8 Å². The third-order valence-electron chi connectivity index (χ3n) is 1.82. The van der Waals surface area contributed by atoms with Gasteiger partial charge < -0.3 is 4.74 Å². The largest absolute Gasteiger partial charge is 0.475 e. The first kappa shape index (κ1) is 10.1. The van der Waals surface area contributed by atoms with Gasteiger partial charge >= 0.3 is 0 Å². The predicted octanol–water partition coefficient (Wildman–Crippen LogP) is 2.41. The minimum absolute atomic E-state index is 0.132. The SMILES string of the molecule is CCNC(CC)Oc1ccccc1. The number of nitrogens with one attached hydrogen (secondary N) is 1. The maximum atomic E-state index is 5.69. The van der Waals surface area contributed by atoms with E-state index in [1.807, 2.05) is 30.3 Å². The molecular weight excluding hydrogens is 162 g/mol. The van der Waals surface area contributed by atoms with E-state index in [-0.39, 0.29) is 6.23 Å². The summed E-state index contributed by atoms with van der Waals surface area (Å²) in [5, 5.41) is 3.26. The van der Waals surface area contributed by atoms with Gasteiger partial charge in [-0.25, -0.2) is 0 Å². The fourth-order valence-corrected chi connectivity index (χ4v) is 1.16. The fraction of sp³-hybridized carbons (Fsp3) is 0.455. The highest BCUT2D eigenvalue weighted by molar-refractivity contribution is 5.21. The van der Waals surface area contributed by atoms with Gasteiger partial charge in [-0.1, -0.05) is 32.0 Å². The van der Waals surface area contributed by atoms with Crippen molar-refractivity contribution >= 4 is 0 Å². The molecule has 0 aliphatic carbocycles. The molecule has 2 nitrogen and oxygen atoms in total. The van der Waals surface area contributed by atoms with Crippen LogP contribution in [0, 0.1) is 0 Å². The highest BCUT2D eigenvalue weighted by atomic mass is 16.5. The molecule has 1 atom stereocenters. The summed E-state index contributed by atoms with van der Waals surface area (Å²) < 4.78 is 5.69. The van der Waals surface area contributed by atoms with Crippen LogP contribution in [0.3, 0.4) is 0 Å². The molecule has 0 heterocycles. The molecule has 0 saturated carbocycles. The van der Waals surface area contributed by atoms with Crippen LogP contribution in [0.15, 0.2) is 30.3 Å². The Labute approximate surface area is 79.9 Å². The highest BCUT2D eigenvalue weighted by Crippen LogP contribution is 2.10. The minimum atomic E-state index is 0.132. The predicted molar refractivity (Wildman–Crippen MR) is 54.8 cm³/mol. The van der Waals surface area contributed by atoms with Crippen LogP contribution in [-0.2, 0) is 0 Å². The lowest BCUT2D eigenvalue weighted by atomic mass is 10.3. The molecule has 0 bridgehead atoms. The minimum Gasteiger partial charge on any atom is -0.475 e. The first-order valence-corrected chi connectivity index (χ1v) is 4.82. The van der Waals surface area contributed by atoms with Gasteiger partial charge in [0.2, 0.25) is 0 Å². The lowest BCUT2D eigenvalue weighted by Gasteiger charge is -2.17. The lowest BCUT2D eigenvalue weighted by Crippen LogP contribution is -2.33. The quantitative estimate of drug-likeness (QED) is 0.701. The third-order valence-corrected chi connectivity index (χ3v) is 1.82. The van der Waals surface area contributed by atoms with Crippen LogP contribution in [0.5, 0.6) is 5.75 Å². The standard InChI is InChI=1S/C11H17NO/c1-3-11(12-4-2)13-10-8-6-5-7-9-10/h5-9,11-12H,3-4H2,1-2H3. The molecule has 1 aromatic carbocycles. The molecule has 1 unspecified atom stereocenters. The van der Waals surface area contributed by atoms with Crippen molar-refractivity contribution in [1.29, 1.82) is 0 Å². The van der Waals surface area contributed by atoms with Crippen molar-refractivity contribution in [2.45, 2.75) is 26.5 Å². The summed E-state index contributed by atoms with van der Waals surface area (Å²) in [5.74, 6) is 0.926. The van der Waals surface area contributed by atoms with Gasteiger partial charge in [0.25, 0.3) is 0 Å². The van der Waals surface area contributed by atoms with Gasteiger partial charge in [-0.05, 0) is 25.1 Å². The van der Waals surface area contributed by atoms with Gasteiger partial charge in [-0.2, -0.15) is 0 Å². The summed E-state index contributed by atoms with van der Waals surface area (Å²) in [6, 6.07) is 9.89. The van der Waals surface area contributed by atoms with Crippen molar-refractivity contribution in [3.63, 3.8) is 0 Å². The molecule has 0 spiro atoms. The number of ether oxygens (including phenoxy) is 1. The van der Waals surface area contributed by atoms with Crippen LogP contribution in [0.2, 0.25) is 0 Å². The molecule has 0 aliphatic heterocycles. The molecule has 0 aliphatic rings. The number of benzene rings is 1. The van der Waals surface area contributed by atoms with E-state index in [1.165, 1.54) is 0 Å². The molecule has 13 heavy (non-hydrogen) atoms. The molecule has 2 heteroatoms. The van der Waals surface area contributed by atoms with E-state index in [4.69, 9.17) is 4.74 Å². The monoisotopic (exact) mass is 179 g/mol. The highest BCUT2D eigenvalue weighted by Gasteiger charge is 2.04. The second kappa shape index (κ2) is 5.60. The van der Waals surface area contributed by atoms with Crippen molar-refractivity contribution < 1.29 is 4.74 Å². The molecular formula is C11H17NO. The Morgan fingerprint density at radius 2 is 1.92 bits per heavy atom. The maximum absolute atomic E-state index is 5.69. The average Bonchev–Trinajstić information content (AvgIpc) is 2.19. The average molecular weight is 179 g/mol. The van der Waals surface area contributed by atoms with Gasteiger partial charge in [0.05, 0.1) is 0 Å². The second-order valence-electron chi connectivity index (χ2n) is 2.89.